The van der Waals surface area contributed by atoms with Gasteiger partial charge in [-0.2, -0.15) is 0 Å². The summed E-state index contributed by atoms with van der Waals surface area (Å²) < 4.78 is 0. The highest BCUT2D eigenvalue weighted by atomic mass is 16.4. The van der Waals surface area contributed by atoms with Crippen molar-refractivity contribution in [3.63, 3.8) is 0 Å². The molecule has 0 aliphatic heterocycles. The van der Waals surface area contributed by atoms with Crippen molar-refractivity contribution in [2.75, 3.05) is 32.7 Å². The van der Waals surface area contributed by atoms with E-state index in [4.69, 9.17) is 28.7 Å². The average Bonchev–Trinajstić information content (AvgIpc) is 3.75. The molecule has 0 aliphatic carbocycles. The Bertz CT molecular complexity index is 2220. The van der Waals surface area contributed by atoms with Gasteiger partial charge in [-0.15, -0.1) is 0 Å². The number of carbonyl (C=O) groups excluding carboxylic acids is 7. The zero-order valence-corrected chi connectivity index (χ0v) is 40.5. The zero-order valence-electron chi connectivity index (χ0n) is 40.5. The van der Waals surface area contributed by atoms with Gasteiger partial charge >= 0.3 is 5.97 Å². The number of nitrogens with zero attached hydrogens (tertiary/aromatic N) is 1. The maximum absolute atomic E-state index is 14.3. The minimum atomic E-state index is -1.31. The molecular formula is C48H74N14O9. The lowest BCUT2D eigenvalue weighted by molar-refractivity contribution is -0.142. The molecule has 0 saturated heterocycles. The van der Waals surface area contributed by atoms with Gasteiger partial charge in [0.05, 0.1) is 6.54 Å². The lowest BCUT2D eigenvalue weighted by Crippen LogP contribution is -2.59. The second kappa shape index (κ2) is 31.9. The number of H-pyrrole nitrogens is 1. The van der Waals surface area contributed by atoms with Crippen LogP contribution in [-0.2, 0) is 51.2 Å². The SMILES string of the molecule is CC(=O)N[C@@H](CCCCN)C(=O)N[C@@H](CCCCN)C(=O)N[C@@H](CCCN=C(N)N)C(=O)N[C@@H](Cc1ccccc1)C(=O)NCC(=O)N[C@@H](Cc1c[nH]c2ccccc12)C(=O)N[C@@H](CCCCN)C(=O)O. The maximum Gasteiger partial charge on any atom is 0.326 e. The fraction of sp³-hybridized carbons (Fsp3) is 0.521. The predicted octanol–water partition coefficient (Wildman–Crippen LogP) is -1.48. The van der Waals surface area contributed by atoms with Gasteiger partial charge in [0.2, 0.25) is 41.4 Å². The number of nitrogens with two attached hydrogens (primary N) is 5. The first kappa shape index (κ1) is 58.2. The molecule has 0 saturated carbocycles. The van der Waals surface area contributed by atoms with E-state index < -0.39 is 90.1 Å². The summed E-state index contributed by atoms with van der Waals surface area (Å²) in [5, 5.41) is 29.2. The van der Waals surface area contributed by atoms with Crippen molar-refractivity contribution in [3.8, 4) is 0 Å². The number of para-hydroxylation sites is 1. The van der Waals surface area contributed by atoms with E-state index in [-0.39, 0.29) is 57.5 Å². The number of benzene rings is 2. The topological polar surface area (TPSA) is 399 Å². The van der Waals surface area contributed by atoms with E-state index in [0.717, 1.165) is 10.9 Å². The third-order valence-corrected chi connectivity index (χ3v) is 11.5. The maximum atomic E-state index is 14.3. The number of guanidine groups is 1. The standard InChI is InChI=1S/C48H74N14O9/c1-30(63)57-35(18-7-10-22-49)43(66)59-36(19-8-11-23-50)44(67)60-37(21-13-25-54-48(52)53)45(68)62-39(26-31-14-3-2-4-15-31)42(65)56-29-41(64)58-40(27-32-28-55-34-17-6-5-16-33(32)34)46(69)61-38(47(70)71)20-9-12-24-51/h2-6,14-17,28,35-40,55H,7-13,18-27,29,49-51H2,1H3,(H,56,65)(H,57,63)(H,58,64)(H,59,66)(H,60,67)(H,61,69)(H,62,68)(H,70,71)(H4,52,53,54)/t35-,36-,37-,38-,39-,40-/m0/s1. The average molecular weight is 991 g/mol. The Hall–Kier alpha value is -7.11. The van der Waals surface area contributed by atoms with Crippen LogP contribution in [0.3, 0.4) is 0 Å². The molecule has 0 spiro atoms. The molecule has 71 heavy (non-hydrogen) atoms. The molecule has 0 bridgehead atoms. The van der Waals surface area contributed by atoms with E-state index in [1.807, 2.05) is 24.3 Å². The normalized spacial score (nSPS) is 13.5. The van der Waals surface area contributed by atoms with Crippen molar-refractivity contribution in [1.29, 1.82) is 0 Å². The number of unbranched alkanes of at least 4 members (excludes halogenated alkanes) is 3. The zero-order chi connectivity index (χ0) is 52.1. The number of carboxylic acid groups (broad SMARTS) is 1. The molecule has 3 aromatic rings. The van der Waals surface area contributed by atoms with E-state index in [2.05, 4.69) is 47.2 Å². The van der Waals surface area contributed by atoms with Crippen LogP contribution in [0.25, 0.3) is 10.9 Å². The molecule has 0 fully saturated rings. The molecule has 23 heteroatoms. The Morgan fingerprint density at radius 2 is 1.04 bits per heavy atom. The van der Waals surface area contributed by atoms with E-state index in [1.54, 1.807) is 36.5 Å². The van der Waals surface area contributed by atoms with Gasteiger partial charge in [0, 0.05) is 43.4 Å². The Kier molecular flexibility index (Phi) is 26.2. The van der Waals surface area contributed by atoms with E-state index in [0.29, 0.717) is 69.3 Å². The third-order valence-electron chi connectivity index (χ3n) is 11.5. The van der Waals surface area contributed by atoms with Crippen LogP contribution in [0, 0.1) is 0 Å². The molecule has 1 heterocycles. The van der Waals surface area contributed by atoms with Crippen molar-refractivity contribution in [1.82, 2.24) is 42.2 Å². The molecule has 6 atom stereocenters. The number of aliphatic carboxylic acids is 1. The Morgan fingerprint density at radius 1 is 0.563 bits per heavy atom. The lowest BCUT2D eigenvalue weighted by atomic mass is 10.0. The minimum Gasteiger partial charge on any atom is -0.480 e. The summed E-state index contributed by atoms with van der Waals surface area (Å²) in [6.07, 6.45) is 5.43. The highest BCUT2D eigenvalue weighted by Gasteiger charge is 2.32. The summed E-state index contributed by atoms with van der Waals surface area (Å²) in [5.41, 5.74) is 30.1. The molecule has 7 amide bonds. The minimum absolute atomic E-state index is 0.0108. The van der Waals surface area contributed by atoms with Gasteiger partial charge in [0.25, 0.3) is 0 Å². The van der Waals surface area contributed by atoms with Gasteiger partial charge in [-0.1, -0.05) is 48.5 Å². The fourth-order valence-corrected chi connectivity index (χ4v) is 7.71. The number of aromatic nitrogens is 1. The van der Waals surface area contributed by atoms with Crippen LogP contribution in [-0.4, -0.2) is 132 Å². The van der Waals surface area contributed by atoms with Crippen LogP contribution < -0.4 is 65.9 Å². The van der Waals surface area contributed by atoms with Crippen molar-refractivity contribution in [3.05, 3.63) is 71.9 Å². The molecule has 3 rings (SSSR count). The van der Waals surface area contributed by atoms with Gasteiger partial charge in [-0.05, 0) is 107 Å². The van der Waals surface area contributed by atoms with E-state index in [1.165, 1.54) is 6.92 Å². The van der Waals surface area contributed by atoms with Crippen LogP contribution in [0.15, 0.2) is 65.8 Å². The molecule has 0 radical (unpaired) electrons. The summed E-state index contributed by atoms with van der Waals surface area (Å²) in [4.78, 5) is 115. The molecule has 2 aromatic carbocycles. The number of nitrogens with one attached hydrogen (secondary N) is 8. The van der Waals surface area contributed by atoms with Crippen LogP contribution in [0.2, 0.25) is 0 Å². The molecule has 0 unspecified atom stereocenters. The highest BCUT2D eigenvalue weighted by molar-refractivity contribution is 5.97. The largest absolute Gasteiger partial charge is 0.480 e. The van der Waals surface area contributed by atoms with E-state index >= 15 is 0 Å². The molecule has 1 aromatic heterocycles. The number of aliphatic imine (C=N–C) groups is 1. The first-order valence-corrected chi connectivity index (χ1v) is 24.1. The number of rotatable bonds is 34. The van der Waals surface area contributed by atoms with Crippen molar-refractivity contribution in [2.24, 2.45) is 33.7 Å². The Morgan fingerprint density at radius 3 is 1.59 bits per heavy atom. The second-order valence-electron chi connectivity index (χ2n) is 17.2. The molecule has 23 nitrogen and oxygen atoms in total. The van der Waals surface area contributed by atoms with Gasteiger partial charge in [-0.25, -0.2) is 4.79 Å². The van der Waals surface area contributed by atoms with Gasteiger partial charge in [0.15, 0.2) is 5.96 Å². The summed E-state index contributed by atoms with van der Waals surface area (Å²) in [6.45, 7) is 1.77. The van der Waals surface area contributed by atoms with Crippen molar-refractivity contribution in [2.45, 2.75) is 127 Å². The molecule has 19 N–H and O–H groups in total. The molecule has 0 aliphatic rings. The third kappa shape index (κ3) is 21.6. The van der Waals surface area contributed by atoms with Crippen molar-refractivity contribution < 1.29 is 43.5 Å². The smallest absolute Gasteiger partial charge is 0.326 e. The van der Waals surface area contributed by atoms with Crippen LogP contribution in [0.1, 0.15) is 88.7 Å². The van der Waals surface area contributed by atoms with Crippen LogP contribution >= 0.6 is 0 Å². The van der Waals surface area contributed by atoms with Crippen LogP contribution in [0.4, 0.5) is 0 Å². The Balaban J connectivity index is 1.87. The number of fused-ring (bicyclic) bond motifs is 1. The summed E-state index contributed by atoms with van der Waals surface area (Å²) in [7, 11) is 0. The van der Waals surface area contributed by atoms with Gasteiger partial charge < -0.3 is 76.0 Å². The number of carbonyl (C=O) groups is 8. The predicted molar refractivity (Wildman–Crippen MR) is 269 cm³/mol. The van der Waals surface area contributed by atoms with Crippen molar-refractivity contribution >= 4 is 64.2 Å². The number of carboxylic acids is 1. The summed E-state index contributed by atoms with van der Waals surface area (Å²) in [5.74, 6) is -6.29. The number of aromatic amines is 1. The Labute approximate surface area is 413 Å². The second-order valence-corrected chi connectivity index (χ2v) is 17.2. The van der Waals surface area contributed by atoms with Gasteiger partial charge in [0.1, 0.15) is 36.3 Å². The first-order valence-electron chi connectivity index (χ1n) is 24.1. The quantitative estimate of drug-likeness (QED) is 0.0185. The lowest BCUT2D eigenvalue weighted by Gasteiger charge is -2.27. The first-order chi connectivity index (χ1) is 34.1. The number of amides is 7. The highest BCUT2D eigenvalue weighted by Crippen LogP contribution is 2.20. The summed E-state index contributed by atoms with van der Waals surface area (Å²) >= 11 is 0. The number of hydrogen-bond donors (Lipinski definition) is 14. The van der Waals surface area contributed by atoms with Crippen LogP contribution in [0.5, 0.6) is 0 Å². The van der Waals surface area contributed by atoms with E-state index in [9.17, 15) is 43.5 Å². The molecular weight excluding hydrogens is 917 g/mol. The summed E-state index contributed by atoms with van der Waals surface area (Å²) in [6, 6.07) is 8.83. The number of hydrogen-bond acceptors (Lipinski definition) is 12. The fourth-order valence-electron chi connectivity index (χ4n) is 7.71. The molecule has 390 valence electrons. The monoisotopic (exact) mass is 991 g/mol. The van der Waals surface area contributed by atoms with Gasteiger partial charge in [-0.3, -0.25) is 38.6 Å².